The van der Waals surface area contributed by atoms with Gasteiger partial charge < -0.3 is 5.32 Å². The summed E-state index contributed by atoms with van der Waals surface area (Å²) in [6.07, 6.45) is 1.75. The topological polar surface area (TPSA) is 86.8 Å². The zero-order chi connectivity index (χ0) is 18.7. The number of likely N-dealkylation sites (N-methyl/N-ethyl adjacent to an activating group) is 1. The number of nitrogens with zero attached hydrogens (tertiary/aromatic N) is 2. The van der Waals surface area contributed by atoms with Crippen LogP contribution in [-0.2, 0) is 20.0 Å². The summed E-state index contributed by atoms with van der Waals surface area (Å²) < 4.78 is 53.4. The second-order valence-corrected chi connectivity index (χ2v) is 9.93. The van der Waals surface area contributed by atoms with Gasteiger partial charge in [0.1, 0.15) is 0 Å². The molecule has 1 aromatic rings. The van der Waals surface area contributed by atoms with Crippen LogP contribution in [0.4, 0.5) is 0 Å². The van der Waals surface area contributed by atoms with Gasteiger partial charge >= 0.3 is 0 Å². The van der Waals surface area contributed by atoms with Crippen molar-refractivity contribution in [2.75, 3.05) is 33.2 Å². The van der Waals surface area contributed by atoms with Crippen LogP contribution in [0.15, 0.2) is 34.1 Å². The first-order valence-corrected chi connectivity index (χ1v) is 11.4. The predicted octanol–water partition coefficient (Wildman–Crippen LogP) is 1.09. The van der Waals surface area contributed by atoms with Crippen molar-refractivity contribution in [3.05, 3.63) is 24.3 Å². The largest absolute Gasteiger partial charge is 0.316 e. The summed E-state index contributed by atoms with van der Waals surface area (Å²) in [6, 6.07) is 5.66. The van der Waals surface area contributed by atoms with E-state index in [-0.39, 0.29) is 15.8 Å². The van der Waals surface area contributed by atoms with Crippen LogP contribution in [0.25, 0.3) is 0 Å². The lowest BCUT2D eigenvalue weighted by Gasteiger charge is -2.31. The van der Waals surface area contributed by atoms with Gasteiger partial charge in [0.05, 0.1) is 9.79 Å². The summed E-state index contributed by atoms with van der Waals surface area (Å²) in [5.74, 6) is 0. The molecule has 0 spiro atoms. The lowest BCUT2D eigenvalue weighted by molar-refractivity contribution is 0.293. The van der Waals surface area contributed by atoms with Crippen molar-refractivity contribution < 1.29 is 16.8 Å². The molecule has 1 aliphatic rings. The van der Waals surface area contributed by atoms with Crippen LogP contribution in [0.1, 0.15) is 26.7 Å². The molecule has 1 aromatic carbocycles. The summed E-state index contributed by atoms with van der Waals surface area (Å²) in [5, 5.41) is 3.12. The molecule has 142 valence electrons. The van der Waals surface area contributed by atoms with Gasteiger partial charge in [-0.05, 0) is 44.2 Å². The summed E-state index contributed by atoms with van der Waals surface area (Å²) in [5.41, 5.74) is 0. The molecule has 1 N–H and O–H groups in total. The Morgan fingerprint density at radius 1 is 1.08 bits per heavy atom. The molecule has 1 atom stereocenters. The SMILES string of the molecule is CCN(CC)S(=O)(=O)c1ccc(S(=O)(=O)N2CCCC(NC)C2)cc1. The van der Waals surface area contributed by atoms with E-state index in [0.29, 0.717) is 26.2 Å². The first kappa shape index (κ1) is 20.3. The number of hydrogen-bond donors (Lipinski definition) is 1. The van der Waals surface area contributed by atoms with Crippen molar-refractivity contribution in [3.63, 3.8) is 0 Å². The van der Waals surface area contributed by atoms with E-state index >= 15 is 0 Å². The van der Waals surface area contributed by atoms with Crippen molar-refractivity contribution in [3.8, 4) is 0 Å². The third-order valence-electron chi connectivity index (χ3n) is 4.60. The fraction of sp³-hybridized carbons (Fsp3) is 0.625. The maximum atomic E-state index is 12.8. The normalized spacial score (nSPS) is 20.1. The standard InChI is InChI=1S/C16H27N3O4S2/c1-4-18(5-2)24(20,21)15-8-10-16(11-9-15)25(22,23)19-12-6-7-14(13-19)17-3/h8-11,14,17H,4-7,12-13H2,1-3H3. The monoisotopic (exact) mass is 389 g/mol. The number of hydrogen-bond acceptors (Lipinski definition) is 5. The van der Waals surface area contributed by atoms with Crippen molar-refractivity contribution in [1.29, 1.82) is 0 Å². The Morgan fingerprint density at radius 2 is 1.64 bits per heavy atom. The molecule has 1 heterocycles. The summed E-state index contributed by atoms with van der Waals surface area (Å²) in [4.78, 5) is 0.240. The minimum atomic E-state index is -3.61. The molecule has 0 bridgehead atoms. The molecule has 1 fully saturated rings. The van der Waals surface area contributed by atoms with Gasteiger partial charge in [-0.2, -0.15) is 8.61 Å². The van der Waals surface area contributed by atoms with E-state index in [9.17, 15) is 16.8 Å². The van der Waals surface area contributed by atoms with E-state index in [0.717, 1.165) is 12.8 Å². The molecule has 25 heavy (non-hydrogen) atoms. The molecule has 0 amide bonds. The number of nitrogens with one attached hydrogen (secondary N) is 1. The molecule has 2 rings (SSSR count). The number of rotatable bonds is 7. The average molecular weight is 390 g/mol. The molecule has 7 nitrogen and oxygen atoms in total. The van der Waals surface area contributed by atoms with Crippen LogP contribution >= 0.6 is 0 Å². The average Bonchev–Trinajstić information content (AvgIpc) is 2.62. The van der Waals surface area contributed by atoms with E-state index in [1.165, 1.54) is 32.9 Å². The van der Waals surface area contributed by atoms with Gasteiger partial charge in [0.15, 0.2) is 0 Å². The zero-order valence-electron chi connectivity index (χ0n) is 15.0. The number of sulfonamides is 2. The highest BCUT2D eigenvalue weighted by molar-refractivity contribution is 7.89. The molecule has 0 saturated carbocycles. The van der Waals surface area contributed by atoms with Crippen molar-refractivity contribution >= 4 is 20.0 Å². The fourth-order valence-electron chi connectivity index (χ4n) is 3.04. The zero-order valence-corrected chi connectivity index (χ0v) is 16.6. The second kappa shape index (κ2) is 8.13. The Bertz CT molecular complexity index is 772. The number of piperidine rings is 1. The van der Waals surface area contributed by atoms with Gasteiger partial charge in [0, 0.05) is 32.2 Å². The van der Waals surface area contributed by atoms with Crippen molar-refractivity contribution in [1.82, 2.24) is 13.9 Å². The van der Waals surface area contributed by atoms with Crippen LogP contribution in [0.5, 0.6) is 0 Å². The van der Waals surface area contributed by atoms with Gasteiger partial charge in [0.2, 0.25) is 20.0 Å². The number of benzene rings is 1. The molecule has 1 aliphatic heterocycles. The van der Waals surface area contributed by atoms with E-state index in [1.54, 1.807) is 13.8 Å². The van der Waals surface area contributed by atoms with E-state index in [4.69, 9.17) is 0 Å². The molecule has 9 heteroatoms. The molecule has 0 aliphatic carbocycles. The lowest BCUT2D eigenvalue weighted by atomic mass is 10.1. The Kier molecular flexibility index (Phi) is 6.61. The van der Waals surface area contributed by atoms with E-state index in [1.807, 2.05) is 7.05 Å². The Labute approximate surface area is 151 Å². The smallest absolute Gasteiger partial charge is 0.243 e. The first-order valence-electron chi connectivity index (χ1n) is 8.55. The molecule has 1 unspecified atom stereocenters. The van der Waals surface area contributed by atoms with Crippen LogP contribution in [0.3, 0.4) is 0 Å². The van der Waals surface area contributed by atoms with Gasteiger partial charge in [-0.15, -0.1) is 0 Å². The Balaban J connectivity index is 2.27. The third-order valence-corrected chi connectivity index (χ3v) is 8.54. The van der Waals surface area contributed by atoms with Gasteiger partial charge in [-0.25, -0.2) is 16.8 Å². The summed E-state index contributed by atoms with van der Waals surface area (Å²) >= 11 is 0. The van der Waals surface area contributed by atoms with E-state index in [2.05, 4.69) is 5.32 Å². The third kappa shape index (κ3) is 4.22. The minimum absolute atomic E-state index is 0.113. The second-order valence-electron chi connectivity index (χ2n) is 6.05. The highest BCUT2D eigenvalue weighted by Crippen LogP contribution is 2.23. The molecule has 0 radical (unpaired) electrons. The van der Waals surface area contributed by atoms with Crippen LogP contribution in [-0.4, -0.2) is 64.7 Å². The highest BCUT2D eigenvalue weighted by Gasteiger charge is 2.30. The van der Waals surface area contributed by atoms with E-state index < -0.39 is 20.0 Å². The lowest BCUT2D eigenvalue weighted by Crippen LogP contribution is -2.46. The summed E-state index contributed by atoms with van der Waals surface area (Å²) in [6.45, 7) is 5.21. The van der Waals surface area contributed by atoms with Crippen molar-refractivity contribution in [2.24, 2.45) is 0 Å². The fourth-order valence-corrected chi connectivity index (χ4v) is 6.02. The first-order chi connectivity index (χ1) is 11.8. The molecular formula is C16H27N3O4S2. The quantitative estimate of drug-likeness (QED) is 0.754. The molecule has 0 aromatic heterocycles. The van der Waals surface area contributed by atoms with Gasteiger partial charge in [0.25, 0.3) is 0 Å². The minimum Gasteiger partial charge on any atom is -0.316 e. The highest BCUT2D eigenvalue weighted by atomic mass is 32.2. The maximum absolute atomic E-state index is 12.8. The summed E-state index contributed by atoms with van der Waals surface area (Å²) in [7, 11) is -5.37. The maximum Gasteiger partial charge on any atom is 0.243 e. The van der Waals surface area contributed by atoms with Crippen molar-refractivity contribution in [2.45, 2.75) is 42.5 Å². The van der Waals surface area contributed by atoms with Gasteiger partial charge in [-0.3, -0.25) is 0 Å². The van der Waals surface area contributed by atoms with Gasteiger partial charge in [-0.1, -0.05) is 13.8 Å². The van der Waals surface area contributed by atoms with Crippen LogP contribution in [0.2, 0.25) is 0 Å². The Morgan fingerprint density at radius 3 is 2.16 bits per heavy atom. The predicted molar refractivity (Wildman–Crippen MR) is 97.4 cm³/mol. The van der Waals surface area contributed by atoms with Crippen LogP contribution < -0.4 is 5.32 Å². The molecular weight excluding hydrogens is 362 g/mol. The molecule has 1 saturated heterocycles. The van der Waals surface area contributed by atoms with Crippen LogP contribution in [0, 0.1) is 0 Å². The Hall–Kier alpha value is -1.00.